The van der Waals surface area contributed by atoms with E-state index in [-0.39, 0.29) is 12.6 Å². The molecule has 4 rings (SSSR count). The molecule has 0 aliphatic heterocycles. The van der Waals surface area contributed by atoms with Gasteiger partial charge in [-0.15, -0.1) is 11.3 Å². The van der Waals surface area contributed by atoms with Crippen molar-refractivity contribution in [3.63, 3.8) is 0 Å². The van der Waals surface area contributed by atoms with Crippen LogP contribution in [0, 0.1) is 5.92 Å². The molecular formula is C18H21N3OS. The van der Waals surface area contributed by atoms with E-state index in [2.05, 4.69) is 45.1 Å². The molecule has 1 aliphatic carbocycles. The molecule has 2 aromatic heterocycles. The van der Waals surface area contributed by atoms with E-state index in [1.54, 1.807) is 11.3 Å². The lowest BCUT2D eigenvalue weighted by molar-refractivity contribution is 0.0935. The molecule has 0 spiro atoms. The maximum absolute atomic E-state index is 9.90. The summed E-state index contributed by atoms with van der Waals surface area (Å²) < 4.78 is 2.08. The first-order chi connectivity index (χ1) is 11.3. The van der Waals surface area contributed by atoms with Gasteiger partial charge in [0.15, 0.2) is 4.96 Å². The Bertz CT molecular complexity index is 734. The van der Waals surface area contributed by atoms with Gasteiger partial charge in [0.05, 0.1) is 12.3 Å². The average Bonchev–Trinajstić information content (AvgIpc) is 3.17. The highest BCUT2D eigenvalue weighted by Gasteiger charge is 2.35. The lowest BCUT2D eigenvalue weighted by atomic mass is 10.1. The molecule has 23 heavy (non-hydrogen) atoms. The molecule has 1 atom stereocenters. The van der Waals surface area contributed by atoms with Gasteiger partial charge in [0, 0.05) is 36.9 Å². The Labute approximate surface area is 140 Å². The second kappa shape index (κ2) is 6.43. The second-order valence-corrected chi connectivity index (χ2v) is 7.18. The van der Waals surface area contributed by atoms with Crippen molar-refractivity contribution in [2.24, 2.45) is 5.92 Å². The SMILES string of the molecule is OC[C@H](C1CC1)N(Cc1ccccc1)Cc1cn2ccsc2n1. The van der Waals surface area contributed by atoms with E-state index in [1.165, 1.54) is 18.4 Å². The van der Waals surface area contributed by atoms with Crippen molar-refractivity contribution < 1.29 is 5.11 Å². The summed E-state index contributed by atoms with van der Waals surface area (Å²) in [6.07, 6.45) is 6.61. The van der Waals surface area contributed by atoms with Crippen molar-refractivity contribution in [3.05, 3.63) is 59.4 Å². The summed E-state index contributed by atoms with van der Waals surface area (Å²) in [5, 5.41) is 11.9. The van der Waals surface area contributed by atoms with Gasteiger partial charge in [0.1, 0.15) is 0 Å². The number of rotatable bonds is 7. The Kier molecular flexibility index (Phi) is 4.16. The Morgan fingerprint density at radius 3 is 2.78 bits per heavy atom. The zero-order valence-corrected chi connectivity index (χ0v) is 13.8. The van der Waals surface area contributed by atoms with Gasteiger partial charge in [0.25, 0.3) is 0 Å². The van der Waals surface area contributed by atoms with Crippen LogP contribution in [-0.4, -0.2) is 32.0 Å². The lowest BCUT2D eigenvalue weighted by Gasteiger charge is -2.30. The number of hydrogen-bond acceptors (Lipinski definition) is 4. The Morgan fingerprint density at radius 1 is 1.26 bits per heavy atom. The van der Waals surface area contributed by atoms with E-state index >= 15 is 0 Å². The summed E-state index contributed by atoms with van der Waals surface area (Å²) in [5.41, 5.74) is 2.36. The van der Waals surface area contributed by atoms with Gasteiger partial charge in [-0.1, -0.05) is 30.3 Å². The third-order valence-electron chi connectivity index (χ3n) is 4.56. The topological polar surface area (TPSA) is 40.8 Å². The highest BCUT2D eigenvalue weighted by Crippen LogP contribution is 2.36. The third-order valence-corrected chi connectivity index (χ3v) is 5.33. The van der Waals surface area contributed by atoms with E-state index in [4.69, 9.17) is 4.98 Å². The fourth-order valence-corrected chi connectivity index (χ4v) is 3.93. The molecule has 0 amide bonds. The zero-order valence-electron chi connectivity index (χ0n) is 13.0. The van der Waals surface area contributed by atoms with E-state index in [9.17, 15) is 5.11 Å². The molecule has 1 fully saturated rings. The number of hydrogen-bond donors (Lipinski definition) is 1. The third kappa shape index (κ3) is 3.32. The van der Waals surface area contributed by atoms with Gasteiger partial charge >= 0.3 is 0 Å². The minimum Gasteiger partial charge on any atom is -0.395 e. The summed E-state index contributed by atoms with van der Waals surface area (Å²) in [7, 11) is 0. The first-order valence-electron chi connectivity index (χ1n) is 8.13. The van der Waals surface area contributed by atoms with Crippen LogP contribution in [0.25, 0.3) is 4.96 Å². The fraction of sp³-hybridized carbons (Fsp3) is 0.389. The summed E-state index contributed by atoms with van der Waals surface area (Å²) in [5.74, 6) is 0.632. The van der Waals surface area contributed by atoms with Crippen LogP contribution in [0.4, 0.5) is 0 Å². The molecule has 2 heterocycles. The first-order valence-corrected chi connectivity index (χ1v) is 9.01. The molecule has 1 saturated carbocycles. The highest BCUT2D eigenvalue weighted by molar-refractivity contribution is 7.15. The number of nitrogens with zero attached hydrogens (tertiary/aromatic N) is 3. The zero-order chi connectivity index (χ0) is 15.6. The number of thiazole rings is 1. The Balaban J connectivity index is 1.57. The number of aromatic nitrogens is 2. The summed E-state index contributed by atoms with van der Waals surface area (Å²) >= 11 is 1.66. The van der Waals surface area contributed by atoms with Crippen LogP contribution in [0.3, 0.4) is 0 Å². The molecule has 4 nitrogen and oxygen atoms in total. The van der Waals surface area contributed by atoms with Crippen LogP contribution in [-0.2, 0) is 13.1 Å². The standard InChI is InChI=1S/C18H21N3OS/c22-13-17(15-6-7-15)21(10-14-4-2-1-3-5-14)12-16-11-20-8-9-23-18(20)19-16/h1-5,8-9,11,15,17,22H,6-7,10,12-13H2/t17-/m1/s1. The van der Waals surface area contributed by atoms with Gasteiger partial charge in [-0.3, -0.25) is 9.30 Å². The summed E-state index contributed by atoms with van der Waals surface area (Å²) in [6.45, 7) is 1.86. The smallest absolute Gasteiger partial charge is 0.193 e. The van der Waals surface area contributed by atoms with E-state index < -0.39 is 0 Å². The predicted octanol–water partition coefficient (Wildman–Crippen LogP) is 3.17. The van der Waals surface area contributed by atoms with Crippen LogP contribution in [0.15, 0.2) is 48.1 Å². The number of benzene rings is 1. The minimum atomic E-state index is 0.222. The lowest BCUT2D eigenvalue weighted by Crippen LogP contribution is -2.38. The summed E-state index contributed by atoms with van der Waals surface area (Å²) in [6, 6.07) is 10.7. The van der Waals surface area contributed by atoms with Gasteiger partial charge in [-0.05, 0) is 24.3 Å². The quantitative estimate of drug-likeness (QED) is 0.725. The van der Waals surface area contributed by atoms with Crippen LogP contribution < -0.4 is 0 Å². The molecule has 0 unspecified atom stereocenters. The van der Waals surface area contributed by atoms with Crippen molar-refractivity contribution in [3.8, 4) is 0 Å². The monoisotopic (exact) mass is 327 g/mol. The number of aliphatic hydroxyl groups excluding tert-OH is 1. The van der Waals surface area contributed by atoms with E-state index in [0.717, 1.165) is 23.7 Å². The second-order valence-electron chi connectivity index (χ2n) is 6.30. The fourth-order valence-electron chi connectivity index (χ4n) is 3.21. The van der Waals surface area contributed by atoms with Crippen LogP contribution in [0.2, 0.25) is 0 Å². The normalized spacial score (nSPS) is 16.3. The Hall–Kier alpha value is -1.69. The number of fused-ring (bicyclic) bond motifs is 1. The van der Waals surface area contributed by atoms with Crippen molar-refractivity contribution in [1.29, 1.82) is 0 Å². The molecule has 3 aromatic rings. The molecule has 0 bridgehead atoms. The minimum absolute atomic E-state index is 0.222. The van der Waals surface area contributed by atoms with Gasteiger partial charge in [-0.25, -0.2) is 4.98 Å². The van der Waals surface area contributed by atoms with Gasteiger partial charge in [0.2, 0.25) is 0 Å². The van der Waals surface area contributed by atoms with E-state index in [0.29, 0.717) is 5.92 Å². The van der Waals surface area contributed by atoms with Crippen LogP contribution in [0.5, 0.6) is 0 Å². The van der Waals surface area contributed by atoms with Gasteiger partial charge in [-0.2, -0.15) is 0 Å². The number of imidazole rings is 1. The largest absolute Gasteiger partial charge is 0.395 e. The molecule has 0 radical (unpaired) electrons. The Morgan fingerprint density at radius 2 is 2.09 bits per heavy atom. The molecular weight excluding hydrogens is 306 g/mol. The predicted molar refractivity (Wildman–Crippen MR) is 92.4 cm³/mol. The van der Waals surface area contributed by atoms with Crippen molar-refractivity contribution >= 4 is 16.3 Å². The molecule has 1 aromatic carbocycles. The van der Waals surface area contributed by atoms with Crippen LogP contribution >= 0.6 is 11.3 Å². The highest BCUT2D eigenvalue weighted by atomic mass is 32.1. The number of aliphatic hydroxyl groups is 1. The summed E-state index contributed by atoms with van der Waals surface area (Å²) in [4.78, 5) is 8.13. The van der Waals surface area contributed by atoms with Crippen molar-refractivity contribution in [2.75, 3.05) is 6.61 Å². The molecule has 5 heteroatoms. The maximum Gasteiger partial charge on any atom is 0.193 e. The average molecular weight is 327 g/mol. The van der Waals surface area contributed by atoms with Crippen molar-refractivity contribution in [1.82, 2.24) is 14.3 Å². The van der Waals surface area contributed by atoms with Crippen molar-refractivity contribution in [2.45, 2.75) is 32.0 Å². The molecule has 0 saturated heterocycles. The first kappa shape index (κ1) is 14.9. The molecule has 1 N–H and O–H groups in total. The molecule has 120 valence electrons. The van der Waals surface area contributed by atoms with E-state index in [1.807, 2.05) is 12.3 Å². The molecule has 1 aliphatic rings. The maximum atomic E-state index is 9.90. The van der Waals surface area contributed by atoms with Crippen LogP contribution in [0.1, 0.15) is 24.1 Å². The van der Waals surface area contributed by atoms with Gasteiger partial charge < -0.3 is 5.11 Å².